The van der Waals surface area contributed by atoms with E-state index in [1.807, 2.05) is 43.3 Å². The van der Waals surface area contributed by atoms with E-state index in [4.69, 9.17) is 5.73 Å². The molecular weight excluding hydrogens is 350 g/mol. The summed E-state index contributed by atoms with van der Waals surface area (Å²) < 4.78 is 0. The molecule has 0 bridgehead atoms. The van der Waals surface area contributed by atoms with Crippen LogP contribution in [0.1, 0.15) is 11.1 Å². The Balaban J connectivity index is 1.58. The topological polar surface area (TPSA) is 85.4 Å². The molecule has 0 unspecified atom stereocenters. The summed E-state index contributed by atoms with van der Waals surface area (Å²) in [7, 11) is 0. The smallest absolute Gasteiger partial charge is 0.266 e. The third-order valence-electron chi connectivity index (χ3n) is 4.84. The first-order chi connectivity index (χ1) is 13.6. The van der Waals surface area contributed by atoms with Crippen LogP contribution in [0.3, 0.4) is 0 Å². The van der Waals surface area contributed by atoms with E-state index in [2.05, 4.69) is 22.3 Å². The minimum atomic E-state index is -0.249. The molecule has 0 atom stereocenters. The number of piperazine rings is 1. The number of benzene rings is 2. The fourth-order valence-corrected chi connectivity index (χ4v) is 3.21. The summed E-state index contributed by atoms with van der Waals surface area (Å²) in [5, 5.41) is 12.4. The lowest BCUT2D eigenvalue weighted by Gasteiger charge is -2.34. The number of aryl methyl sites for hydroxylation is 1. The number of nitriles is 1. The summed E-state index contributed by atoms with van der Waals surface area (Å²) in [4.78, 5) is 16.8. The third-order valence-corrected chi connectivity index (χ3v) is 4.84. The molecule has 28 heavy (non-hydrogen) atoms. The quantitative estimate of drug-likeness (QED) is 0.477. The van der Waals surface area contributed by atoms with Crippen molar-refractivity contribution in [1.82, 2.24) is 9.80 Å². The van der Waals surface area contributed by atoms with Crippen molar-refractivity contribution in [3.63, 3.8) is 0 Å². The van der Waals surface area contributed by atoms with E-state index in [1.54, 1.807) is 11.0 Å². The van der Waals surface area contributed by atoms with Gasteiger partial charge in [0.25, 0.3) is 5.91 Å². The minimum Gasteiger partial charge on any atom is -0.397 e. The van der Waals surface area contributed by atoms with Crippen LogP contribution in [-0.4, -0.2) is 41.9 Å². The van der Waals surface area contributed by atoms with Crippen molar-refractivity contribution < 1.29 is 4.79 Å². The van der Waals surface area contributed by atoms with E-state index in [0.717, 1.165) is 25.2 Å². The maximum absolute atomic E-state index is 12.7. The molecule has 1 aliphatic heterocycles. The van der Waals surface area contributed by atoms with Gasteiger partial charge in [0.15, 0.2) is 0 Å². The van der Waals surface area contributed by atoms with Gasteiger partial charge in [-0.15, -0.1) is 0 Å². The van der Waals surface area contributed by atoms with Crippen molar-refractivity contribution in [2.45, 2.75) is 13.5 Å². The van der Waals surface area contributed by atoms with Crippen LogP contribution < -0.4 is 11.1 Å². The number of nitrogens with two attached hydrogens (primary N) is 1. The molecule has 6 nitrogen and oxygen atoms in total. The Morgan fingerprint density at radius 2 is 1.89 bits per heavy atom. The molecule has 0 saturated carbocycles. The van der Waals surface area contributed by atoms with Crippen LogP contribution in [0.5, 0.6) is 0 Å². The Hall–Kier alpha value is -3.30. The van der Waals surface area contributed by atoms with Gasteiger partial charge in [-0.1, -0.05) is 36.4 Å². The summed E-state index contributed by atoms with van der Waals surface area (Å²) in [6.07, 6.45) is 1.45. The average molecular weight is 375 g/mol. The van der Waals surface area contributed by atoms with Gasteiger partial charge < -0.3 is 16.0 Å². The molecule has 0 aromatic heterocycles. The molecule has 2 aromatic carbocycles. The summed E-state index contributed by atoms with van der Waals surface area (Å²) in [5.41, 5.74) is 9.59. The zero-order valence-electron chi connectivity index (χ0n) is 16.1. The predicted molar refractivity (Wildman–Crippen MR) is 111 cm³/mol. The Morgan fingerprint density at radius 1 is 1.18 bits per heavy atom. The fraction of sp³-hybridized carbons (Fsp3) is 0.273. The highest BCUT2D eigenvalue weighted by molar-refractivity contribution is 5.97. The molecule has 1 fully saturated rings. The lowest BCUT2D eigenvalue weighted by Crippen LogP contribution is -2.48. The second-order valence-electron chi connectivity index (χ2n) is 6.96. The van der Waals surface area contributed by atoms with Crippen LogP contribution in [0.25, 0.3) is 0 Å². The summed E-state index contributed by atoms with van der Waals surface area (Å²) in [6.45, 7) is 5.63. The number of rotatable bonds is 5. The van der Waals surface area contributed by atoms with Crippen LogP contribution in [0, 0.1) is 18.3 Å². The van der Waals surface area contributed by atoms with Gasteiger partial charge in [0, 0.05) is 38.9 Å². The number of carbonyl (C=O) groups excluding carboxylic acids is 1. The number of anilines is 2. The highest BCUT2D eigenvalue weighted by Crippen LogP contribution is 2.20. The van der Waals surface area contributed by atoms with Crippen molar-refractivity contribution >= 4 is 17.3 Å². The Kier molecular flexibility index (Phi) is 6.30. The molecular formula is C22H25N5O. The Labute approximate surface area is 165 Å². The van der Waals surface area contributed by atoms with Gasteiger partial charge in [-0.05, 0) is 30.2 Å². The first kappa shape index (κ1) is 19.5. The second-order valence-corrected chi connectivity index (χ2v) is 6.96. The second kappa shape index (κ2) is 9.07. The van der Waals surface area contributed by atoms with E-state index in [9.17, 15) is 10.1 Å². The number of nitrogens with one attached hydrogen (secondary N) is 1. The zero-order chi connectivity index (χ0) is 19.9. The van der Waals surface area contributed by atoms with Crippen LogP contribution in [0.2, 0.25) is 0 Å². The largest absolute Gasteiger partial charge is 0.397 e. The molecule has 0 spiro atoms. The van der Waals surface area contributed by atoms with E-state index in [-0.39, 0.29) is 11.5 Å². The Morgan fingerprint density at radius 3 is 2.57 bits per heavy atom. The summed E-state index contributed by atoms with van der Waals surface area (Å²) in [5.74, 6) is -0.249. The van der Waals surface area contributed by atoms with Crippen LogP contribution in [-0.2, 0) is 11.3 Å². The van der Waals surface area contributed by atoms with Gasteiger partial charge in [0.2, 0.25) is 0 Å². The number of amides is 1. The van der Waals surface area contributed by atoms with Crippen LogP contribution in [0.15, 0.2) is 60.3 Å². The van der Waals surface area contributed by atoms with Gasteiger partial charge in [0.05, 0.1) is 11.4 Å². The molecule has 144 valence electrons. The fourth-order valence-electron chi connectivity index (χ4n) is 3.21. The van der Waals surface area contributed by atoms with Crippen molar-refractivity contribution in [2.75, 3.05) is 37.2 Å². The Bertz CT molecular complexity index is 893. The van der Waals surface area contributed by atoms with Gasteiger partial charge in [-0.25, -0.2) is 0 Å². The maximum Gasteiger partial charge on any atom is 0.266 e. The van der Waals surface area contributed by atoms with Gasteiger partial charge in [-0.2, -0.15) is 5.26 Å². The molecule has 6 heteroatoms. The standard InChI is InChI=1S/C22H25N5O/c1-17-7-8-20(24)21(13-17)25-15-19(14-23)22(28)27-11-9-26(10-12-27)16-18-5-3-2-4-6-18/h2-8,13,15,25H,9-12,16,24H2,1H3/b19-15-. The van der Waals surface area contributed by atoms with Crippen molar-refractivity contribution in [3.05, 3.63) is 71.4 Å². The molecule has 3 rings (SSSR count). The number of nitrogen functional groups attached to an aromatic ring is 1. The summed E-state index contributed by atoms with van der Waals surface area (Å²) in [6, 6.07) is 17.9. The number of nitrogens with zero attached hydrogens (tertiary/aromatic N) is 3. The molecule has 0 aliphatic carbocycles. The molecule has 3 N–H and O–H groups in total. The number of carbonyl (C=O) groups is 1. The lowest BCUT2D eigenvalue weighted by molar-refractivity contribution is -0.128. The highest BCUT2D eigenvalue weighted by Gasteiger charge is 2.23. The first-order valence-electron chi connectivity index (χ1n) is 9.35. The van der Waals surface area contributed by atoms with E-state index >= 15 is 0 Å². The van der Waals surface area contributed by atoms with Crippen LogP contribution in [0.4, 0.5) is 11.4 Å². The van der Waals surface area contributed by atoms with Gasteiger partial charge in [0.1, 0.15) is 11.6 Å². The SMILES string of the molecule is Cc1ccc(N)c(N/C=C(/C#N)C(=O)N2CCN(Cc3ccccc3)CC2)c1. The summed E-state index contributed by atoms with van der Waals surface area (Å²) >= 11 is 0. The number of hydrogen-bond donors (Lipinski definition) is 2. The first-order valence-corrected chi connectivity index (χ1v) is 9.35. The molecule has 1 aliphatic rings. The minimum absolute atomic E-state index is 0.0809. The van der Waals surface area contributed by atoms with E-state index in [0.29, 0.717) is 24.5 Å². The van der Waals surface area contributed by atoms with Crippen molar-refractivity contribution in [2.24, 2.45) is 0 Å². The maximum atomic E-state index is 12.7. The normalized spacial score (nSPS) is 15.1. The molecule has 1 heterocycles. The van der Waals surface area contributed by atoms with Gasteiger partial charge in [-0.3, -0.25) is 9.69 Å². The van der Waals surface area contributed by atoms with Crippen molar-refractivity contribution in [3.8, 4) is 6.07 Å². The average Bonchev–Trinajstić information content (AvgIpc) is 2.72. The van der Waals surface area contributed by atoms with Crippen molar-refractivity contribution in [1.29, 1.82) is 5.26 Å². The highest BCUT2D eigenvalue weighted by atomic mass is 16.2. The van der Waals surface area contributed by atoms with E-state index in [1.165, 1.54) is 11.8 Å². The number of hydrogen-bond acceptors (Lipinski definition) is 5. The predicted octanol–water partition coefficient (Wildman–Crippen LogP) is 2.74. The molecule has 1 amide bonds. The zero-order valence-corrected chi connectivity index (χ0v) is 16.1. The molecule has 1 saturated heterocycles. The lowest BCUT2D eigenvalue weighted by atomic mass is 10.1. The van der Waals surface area contributed by atoms with E-state index < -0.39 is 0 Å². The molecule has 0 radical (unpaired) electrons. The van der Waals surface area contributed by atoms with Gasteiger partial charge >= 0.3 is 0 Å². The molecule has 2 aromatic rings. The third kappa shape index (κ3) is 4.90. The monoisotopic (exact) mass is 375 g/mol. The van der Waals surface area contributed by atoms with Crippen LogP contribution >= 0.6 is 0 Å².